The van der Waals surface area contributed by atoms with E-state index in [-0.39, 0.29) is 18.3 Å². The van der Waals surface area contributed by atoms with Crippen molar-refractivity contribution in [2.24, 2.45) is 0 Å². The Kier molecular flexibility index (Phi) is 5.64. The van der Waals surface area contributed by atoms with Crippen LogP contribution in [0.25, 0.3) is 0 Å². The number of rotatable bonds is 6. The molecule has 21 heavy (non-hydrogen) atoms. The second kappa shape index (κ2) is 7.47. The van der Waals surface area contributed by atoms with Crippen LogP contribution in [0, 0.1) is 0 Å². The maximum atomic E-state index is 12.0. The van der Waals surface area contributed by atoms with E-state index in [1.807, 2.05) is 43.3 Å². The van der Waals surface area contributed by atoms with E-state index < -0.39 is 5.25 Å². The molecule has 0 saturated carbocycles. The highest BCUT2D eigenvalue weighted by atomic mass is 32.2. The molecule has 1 N–H and O–H groups in total. The maximum absolute atomic E-state index is 12.0. The van der Waals surface area contributed by atoms with Gasteiger partial charge in [-0.05, 0) is 32.6 Å². The fraction of sp³-hybridized carbons (Fsp3) is 0.467. The Balaban J connectivity index is 1.80. The number of benzene rings is 1. The number of carbonyl (C=O) groups is 2. The van der Waals surface area contributed by atoms with E-state index >= 15 is 0 Å². The quantitative estimate of drug-likeness (QED) is 0.643. The molecule has 0 unspecified atom stereocenters. The number of ether oxygens (including phenoxy) is 1. The van der Waals surface area contributed by atoms with Crippen molar-refractivity contribution in [3.63, 3.8) is 0 Å². The molecule has 1 aromatic carbocycles. The zero-order valence-electron chi connectivity index (χ0n) is 12.3. The van der Waals surface area contributed by atoms with Crippen molar-refractivity contribution in [1.82, 2.24) is 4.90 Å². The highest BCUT2D eigenvalue weighted by molar-refractivity contribution is 8.01. The summed E-state index contributed by atoms with van der Waals surface area (Å²) in [5, 5.41) is 2.41. The zero-order valence-corrected chi connectivity index (χ0v) is 13.1. The van der Waals surface area contributed by atoms with Gasteiger partial charge in [0, 0.05) is 11.4 Å². The molecule has 5 nitrogen and oxygen atoms in total. The summed E-state index contributed by atoms with van der Waals surface area (Å²) in [5.41, 5.74) is 0.808. The highest BCUT2D eigenvalue weighted by Gasteiger charge is 2.29. The van der Waals surface area contributed by atoms with Crippen molar-refractivity contribution in [2.75, 3.05) is 32.6 Å². The van der Waals surface area contributed by atoms with Crippen molar-refractivity contribution < 1.29 is 14.3 Å². The predicted octanol–water partition coefficient (Wildman–Crippen LogP) is 1.98. The molecule has 2 rings (SSSR count). The normalized spacial score (nSPS) is 17.3. The number of esters is 1. The predicted molar refractivity (Wildman–Crippen MR) is 83.5 cm³/mol. The second-order valence-corrected chi connectivity index (χ2v) is 6.42. The van der Waals surface area contributed by atoms with Gasteiger partial charge in [-0.1, -0.05) is 12.1 Å². The van der Waals surface area contributed by atoms with Crippen LogP contribution < -0.4 is 5.32 Å². The standard InChI is InChI=1S/C15H20N2O3S/c1-17(2)8-5-9-20-14(18)10-13-15(19)16-11-6-3-4-7-12(11)21-13/h3-4,6-7,13H,5,8-10H2,1-2H3,(H,16,19)/t13-/m1/s1. The first-order chi connectivity index (χ1) is 10.1. The fourth-order valence-corrected chi connectivity index (χ4v) is 3.10. The highest BCUT2D eigenvalue weighted by Crippen LogP contribution is 2.36. The summed E-state index contributed by atoms with van der Waals surface area (Å²) in [6, 6.07) is 7.59. The van der Waals surface area contributed by atoms with Gasteiger partial charge in [-0.25, -0.2) is 0 Å². The van der Waals surface area contributed by atoms with Gasteiger partial charge < -0.3 is 15.0 Å². The third-order valence-electron chi connectivity index (χ3n) is 3.07. The van der Waals surface area contributed by atoms with Gasteiger partial charge in [0.15, 0.2) is 0 Å². The van der Waals surface area contributed by atoms with E-state index in [0.717, 1.165) is 23.5 Å². The van der Waals surface area contributed by atoms with Crippen LogP contribution in [0.3, 0.4) is 0 Å². The molecule has 6 heteroatoms. The van der Waals surface area contributed by atoms with E-state index in [4.69, 9.17) is 4.74 Å². The largest absolute Gasteiger partial charge is 0.466 e. The molecule has 1 atom stereocenters. The number of carbonyl (C=O) groups excluding carboxylic acids is 2. The van der Waals surface area contributed by atoms with Crippen LogP contribution in [0.5, 0.6) is 0 Å². The third kappa shape index (κ3) is 4.75. The minimum atomic E-state index is -0.416. The van der Waals surface area contributed by atoms with E-state index in [0.29, 0.717) is 6.61 Å². The summed E-state index contributed by atoms with van der Waals surface area (Å²) in [7, 11) is 3.95. The van der Waals surface area contributed by atoms with Crippen molar-refractivity contribution >= 4 is 29.3 Å². The van der Waals surface area contributed by atoms with Crippen LogP contribution in [0.15, 0.2) is 29.2 Å². The van der Waals surface area contributed by atoms with E-state index in [1.165, 1.54) is 11.8 Å². The molecular formula is C15H20N2O3S. The SMILES string of the molecule is CN(C)CCCOC(=O)C[C@H]1Sc2ccccc2NC1=O. The molecule has 114 valence electrons. The van der Waals surface area contributed by atoms with E-state index in [2.05, 4.69) is 5.32 Å². The lowest BCUT2D eigenvalue weighted by Gasteiger charge is -2.23. The Morgan fingerprint density at radius 1 is 1.38 bits per heavy atom. The first-order valence-electron chi connectivity index (χ1n) is 6.93. The lowest BCUT2D eigenvalue weighted by Crippen LogP contribution is -2.31. The topological polar surface area (TPSA) is 58.6 Å². The van der Waals surface area contributed by atoms with Gasteiger partial charge in [-0.15, -0.1) is 11.8 Å². The number of anilines is 1. The van der Waals surface area contributed by atoms with Gasteiger partial charge in [-0.2, -0.15) is 0 Å². The molecular weight excluding hydrogens is 288 g/mol. The first kappa shape index (κ1) is 15.9. The average molecular weight is 308 g/mol. The number of amides is 1. The summed E-state index contributed by atoms with van der Waals surface area (Å²) in [6.07, 6.45) is 0.901. The van der Waals surface area contributed by atoms with Crippen molar-refractivity contribution in [3.05, 3.63) is 24.3 Å². The fourth-order valence-electron chi connectivity index (χ4n) is 2.00. The molecule has 0 fully saturated rings. The van der Waals surface area contributed by atoms with Crippen LogP contribution in [-0.4, -0.2) is 49.3 Å². The molecule has 0 saturated heterocycles. The number of hydrogen-bond donors (Lipinski definition) is 1. The van der Waals surface area contributed by atoms with E-state index in [9.17, 15) is 9.59 Å². The minimum Gasteiger partial charge on any atom is -0.466 e. The molecule has 0 spiro atoms. The average Bonchev–Trinajstić information content (AvgIpc) is 2.44. The van der Waals surface area contributed by atoms with Gasteiger partial charge in [0.25, 0.3) is 0 Å². The lowest BCUT2D eigenvalue weighted by atomic mass is 10.2. The van der Waals surface area contributed by atoms with Gasteiger partial charge in [0.05, 0.1) is 24.0 Å². The Hall–Kier alpha value is -1.53. The zero-order chi connectivity index (χ0) is 15.2. The summed E-state index contributed by atoms with van der Waals surface area (Å²) < 4.78 is 5.17. The number of nitrogens with zero attached hydrogens (tertiary/aromatic N) is 1. The van der Waals surface area contributed by atoms with Crippen LogP contribution in [0.4, 0.5) is 5.69 Å². The van der Waals surface area contributed by atoms with Crippen LogP contribution in [-0.2, 0) is 14.3 Å². The van der Waals surface area contributed by atoms with Crippen LogP contribution in [0.2, 0.25) is 0 Å². The molecule has 1 amide bonds. The van der Waals surface area contributed by atoms with Gasteiger partial charge in [0.1, 0.15) is 0 Å². The van der Waals surface area contributed by atoms with Crippen LogP contribution >= 0.6 is 11.8 Å². The number of fused-ring (bicyclic) bond motifs is 1. The molecule has 0 aromatic heterocycles. The van der Waals surface area contributed by atoms with Crippen LogP contribution in [0.1, 0.15) is 12.8 Å². The molecule has 0 bridgehead atoms. The molecule has 1 aliphatic heterocycles. The summed E-state index contributed by atoms with van der Waals surface area (Å²) >= 11 is 1.42. The molecule has 0 radical (unpaired) electrons. The van der Waals surface area contributed by atoms with E-state index in [1.54, 1.807) is 0 Å². The number of nitrogens with one attached hydrogen (secondary N) is 1. The summed E-state index contributed by atoms with van der Waals surface area (Å²) in [6.45, 7) is 1.27. The number of thioether (sulfide) groups is 1. The Labute approximate surface area is 129 Å². The summed E-state index contributed by atoms with van der Waals surface area (Å²) in [4.78, 5) is 26.8. The molecule has 1 heterocycles. The van der Waals surface area contributed by atoms with Crippen molar-refractivity contribution in [2.45, 2.75) is 23.0 Å². The maximum Gasteiger partial charge on any atom is 0.307 e. The van der Waals surface area contributed by atoms with Gasteiger partial charge >= 0.3 is 5.97 Å². The smallest absolute Gasteiger partial charge is 0.307 e. The monoisotopic (exact) mass is 308 g/mol. The number of hydrogen-bond acceptors (Lipinski definition) is 5. The Morgan fingerprint density at radius 3 is 2.90 bits per heavy atom. The summed E-state index contributed by atoms with van der Waals surface area (Å²) in [5.74, 6) is -0.454. The lowest BCUT2D eigenvalue weighted by molar-refractivity contribution is -0.144. The first-order valence-corrected chi connectivity index (χ1v) is 7.81. The number of para-hydroxylation sites is 1. The molecule has 1 aliphatic rings. The Morgan fingerprint density at radius 2 is 2.14 bits per heavy atom. The van der Waals surface area contributed by atoms with Crippen molar-refractivity contribution in [3.8, 4) is 0 Å². The van der Waals surface area contributed by atoms with Gasteiger partial charge in [-0.3, -0.25) is 9.59 Å². The molecule has 1 aromatic rings. The Bertz CT molecular complexity index is 519. The van der Waals surface area contributed by atoms with Crippen molar-refractivity contribution in [1.29, 1.82) is 0 Å². The van der Waals surface area contributed by atoms with Gasteiger partial charge in [0.2, 0.25) is 5.91 Å². The third-order valence-corrected chi connectivity index (χ3v) is 4.35. The molecule has 0 aliphatic carbocycles. The second-order valence-electron chi connectivity index (χ2n) is 5.17. The minimum absolute atomic E-state index is 0.104.